The van der Waals surface area contributed by atoms with Gasteiger partial charge in [0.05, 0.1) is 16.8 Å². The smallest absolute Gasteiger partial charge is 0.160 e. The number of nitrogens with zero attached hydrogens (tertiary/aromatic N) is 3. The molecule has 10 rings (SSSR count). The monoisotopic (exact) mass is 649 g/mol. The first kappa shape index (κ1) is 29.2. The summed E-state index contributed by atoms with van der Waals surface area (Å²) < 4.78 is 0. The van der Waals surface area contributed by atoms with Gasteiger partial charge in [0.2, 0.25) is 0 Å². The van der Waals surface area contributed by atoms with Gasteiger partial charge >= 0.3 is 0 Å². The van der Waals surface area contributed by atoms with E-state index in [1.54, 1.807) is 6.20 Å². The van der Waals surface area contributed by atoms with Crippen LogP contribution in [0.4, 0.5) is 0 Å². The minimum absolute atomic E-state index is 0.513. The van der Waals surface area contributed by atoms with Crippen LogP contribution in [0.1, 0.15) is 33.4 Å². The highest BCUT2D eigenvalue weighted by Gasteiger charge is 2.48. The van der Waals surface area contributed by atoms with Crippen LogP contribution in [0, 0.1) is 0 Å². The fraction of sp³-hybridized carbons (Fsp3) is 0.0208. The maximum Gasteiger partial charge on any atom is 0.160 e. The second-order valence-electron chi connectivity index (χ2n) is 13.2. The molecule has 0 unspecified atom stereocenters. The van der Waals surface area contributed by atoms with Crippen molar-refractivity contribution in [3.8, 4) is 56.2 Å². The zero-order valence-corrected chi connectivity index (χ0v) is 27.7. The molecule has 2 aromatic heterocycles. The number of aromatic nitrogens is 3. The standard InChI is InChI=1S/C48H31N3/c1-2-12-35(13-3-1)45-30-46(36-25-20-32(21-26-36)38-14-10-28-49-31-38)51-47(50-45)37-27-24-34-23-22-33-11-4-7-17-41(33)48(44(34)29-37)42-18-8-5-15-39(42)40-16-6-9-19-43(40)48/h1-31H. The molecular formula is C48H31N3. The molecule has 0 bridgehead atoms. The van der Waals surface area contributed by atoms with Crippen LogP contribution in [-0.4, -0.2) is 15.0 Å². The second kappa shape index (κ2) is 11.7. The number of rotatable bonds is 4. The Hall–Kier alpha value is -6.71. The lowest BCUT2D eigenvalue weighted by atomic mass is 9.66. The first-order valence-corrected chi connectivity index (χ1v) is 17.3. The third kappa shape index (κ3) is 4.63. The molecule has 0 N–H and O–H groups in total. The Bertz CT molecular complexity index is 2580. The van der Waals surface area contributed by atoms with Crippen LogP contribution >= 0.6 is 0 Å². The van der Waals surface area contributed by atoms with Crippen molar-refractivity contribution in [3.05, 3.63) is 210 Å². The van der Waals surface area contributed by atoms with Crippen LogP contribution < -0.4 is 0 Å². The Morgan fingerprint density at radius 1 is 0.373 bits per heavy atom. The van der Waals surface area contributed by atoms with Crippen LogP contribution in [0.3, 0.4) is 0 Å². The van der Waals surface area contributed by atoms with Crippen molar-refractivity contribution in [1.29, 1.82) is 0 Å². The molecule has 0 saturated heterocycles. The molecule has 0 atom stereocenters. The van der Waals surface area contributed by atoms with Crippen molar-refractivity contribution in [2.45, 2.75) is 5.41 Å². The average molecular weight is 650 g/mol. The van der Waals surface area contributed by atoms with Crippen LogP contribution in [0.25, 0.3) is 68.3 Å². The fourth-order valence-electron chi connectivity index (χ4n) is 8.14. The molecule has 2 aliphatic carbocycles. The molecule has 238 valence electrons. The molecule has 8 aromatic rings. The highest BCUT2D eigenvalue weighted by molar-refractivity contribution is 5.92. The van der Waals surface area contributed by atoms with Gasteiger partial charge in [-0.05, 0) is 73.8 Å². The van der Waals surface area contributed by atoms with Gasteiger partial charge in [-0.3, -0.25) is 4.98 Å². The summed E-state index contributed by atoms with van der Waals surface area (Å²) in [5.41, 5.74) is 16.6. The van der Waals surface area contributed by atoms with E-state index in [1.165, 1.54) is 44.5 Å². The molecule has 0 amide bonds. The van der Waals surface area contributed by atoms with Crippen LogP contribution in [0.15, 0.2) is 176 Å². The van der Waals surface area contributed by atoms with Crippen molar-refractivity contribution in [2.24, 2.45) is 0 Å². The van der Waals surface area contributed by atoms with Gasteiger partial charge in [0.1, 0.15) is 0 Å². The summed E-state index contributed by atoms with van der Waals surface area (Å²) in [6, 6.07) is 58.6. The molecule has 2 aliphatic rings. The topological polar surface area (TPSA) is 38.7 Å². The molecule has 0 aliphatic heterocycles. The summed E-state index contributed by atoms with van der Waals surface area (Å²) in [5, 5.41) is 0. The van der Waals surface area contributed by atoms with Crippen molar-refractivity contribution < 1.29 is 0 Å². The first-order chi connectivity index (χ1) is 25.3. The summed E-state index contributed by atoms with van der Waals surface area (Å²) in [4.78, 5) is 14.8. The SMILES string of the molecule is C1=Cc2ccc(-c3nc(-c4ccccc4)cc(-c4ccc(-c5cccnc5)cc4)n3)cc2C2(c3ccccc31)c1ccccc1-c1ccccc12. The Labute approximate surface area is 297 Å². The Kier molecular flexibility index (Phi) is 6.71. The van der Waals surface area contributed by atoms with Crippen LogP contribution in [0.5, 0.6) is 0 Å². The van der Waals surface area contributed by atoms with Gasteiger partial charge in [0, 0.05) is 29.1 Å². The van der Waals surface area contributed by atoms with E-state index in [1.807, 2.05) is 18.3 Å². The molecule has 51 heavy (non-hydrogen) atoms. The van der Waals surface area contributed by atoms with E-state index >= 15 is 0 Å². The predicted octanol–water partition coefficient (Wildman–Crippen LogP) is 11.4. The lowest BCUT2D eigenvalue weighted by Crippen LogP contribution is -2.30. The van der Waals surface area contributed by atoms with Crippen molar-refractivity contribution in [3.63, 3.8) is 0 Å². The first-order valence-electron chi connectivity index (χ1n) is 17.3. The number of hydrogen-bond donors (Lipinski definition) is 0. The largest absolute Gasteiger partial charge is 0.264 e. The van der Waals surface area contributed by atoms with Gasteiger partial charge in [0.25, 0.3) is 0 Å². The van der Waals surface area contributed by atoms with Crippen molar-refractivity contribution in [1.82, 2.24) is 15.0 Å². The third-order valence-electron chi connectivity index (χ3n) is 10.4. The zero-order chi connectivity index (χ0) is 33.8. The lowest BCUT2D eigenvalue weighted by molar-refractivity contribution is 0.766. The van der Waals surface area contributed by atoms with Crippen LogP contribution in [-0.2, 0) is 5.41 Å². The van der Waals surface area contributed by atoms with Gasteiger partial charge < -0.3 is 0 Å². The summed E-state index contributed by atoms with van der Waals surface area (Å²) >= 11 is 0. The predicted molar refractivity (Wildman–Crippen MR) is 208 cm³/mol. The average Bonchev–Trinajstić information content (AvgIpc) is 3.42. The van der Waals surface area contributed by atoms with E-state index in [4.69, 9.17) is 9.97 Å². The molecule has 1 spiro atoms. The van der Waals surface area contributed by atoms with Gasteiger partial charge in [-0.2, -0.15) is 0 Å². The third-order valence-corrected chi connectivity index (χ3v) is 10.4. The van der Waals surface area contributed by atoms with Gasteiger partial charge in [-0.25, -0.2) is 9.97 Å². The highest BCUT2D eigenvalue weighted by atomic mass is 14.9. The summed E-state index contributed by atoms with van der Waals surface area (Å²) in [7, 11) is 0. The molecule has 0 saturated carbocycles. The number of benzene rings is 6. The van der Waals surface area contributed by atoms with E-state index in [-0.39, 0.29) is 0 Å². The summed E-state index contributed by atoms with van der Waals surface area (Å²) in [6.07, 6.45) is 8.23. The molecule has 3 heteroatoms. The van der Waals surface area contributed by atoms with Gasteiger partial charge in [-0.15, -0.1) is 0 Å². The van der Waals surface area contributed by atoms with E-state index in [0.717, 1.165) is 39.2 Å². The second-order valence-corrected chi connectivity index (χ2v) is 13.2. The molecule has 2 heterocycles. The molecule has 0 fully saturated rings. The molecule has 6 aromatic carbocycles. The van der Waals surface area contributed by atoms with Gasteiger partial charge in [0.15, 0.2) is 5.82 Å². The highest BCUT2D eigenvalue weighted by Crippen LogP contribution is 2.58. The maximum absolute atomic E-state index is 5.28. The lowest BCUT2D eigenvalue weighted by Gasteiger charge is -2.35. The van der Waals surface area contributed by atoms with Crippen molar-refractivity contribution >= 4 is 12.2 Å². The number of pyridine rings is 1. The summed E-state index contributed by atoms with van der Waals surface area (Å²) in [6.45, 7) is 0. The Morgan fingerprint density at radius 3 is 1.61 bits per heavy atom. The van der Waals surface area contributed by atoms with Crippen LogP contribution in [0.2, 0.25) is 0 Å². The molecular weight excluding hydrogens is 619 g/mol. The Balaban J connectivity index is 1.20. The zero-order valence-electron chi connectivity index (χ0n) is 27.7. The molecule has 0 radical (unpaired) electrons. The Morgan fingerprint density at radius 2 is 0.922 bits per heavy atom. The normalized spacial score (nSPS) is 13.2. The fourth-order valence-corrected chi connectivity index (χ4v) is 8.14. The number of hydrogen-bond acceptors (Lipinski definition) is 3. The number of fused-ring (bicyclic) bond motifs is 9. The van der Waals surface area contributed by atoms with E-state index < -0.39 is 5.41 Å². The minimum Gasteiger partial charge on any atom is -0.264 e. The van der Waals surface area contributed by atoms with E-state index in [2.05, 4.69) is 169 Å². The van der Waals surface area contributed by atoms with E-state index in [0.29, 0.717) is 5.82 Å². The molecule has 3 nitrogen and oxygen atoms in total. The summed E-state index contributed by atoms with van der Waals surface area (Å²) in [5.74, 6) is 0.696. The van der Waals surface area contributed by atoms with E-state index in [9.17, 15) is 0 Å². The van der Waals surface area contributed by atoms with Gasteiger partial charge in [-0.1, -0.05) is 158 Å². The van der Waals surface area contributed by atoms with Crippen molar-refractivity contribution in [2.75, 3.05) is 0 Å². The maximum atomic E-state index is 5.28. The minimum atomic E-state index is -0.513. The quantitative estimate of drug-likeness (QED) is 0.190.